The van der Waals surface area contributed by atoms with Crippen LogP contribution < -0.4 is 14.2 Å². The third-order valence-electron chi connectivity index (χ3n) is 4.51. The molecule has 178 valence electrons. The number of nitrogens with zero attached hydrogens (tertiary/aromatic N) is 2. The Hall–Kier alpha value is -4.40. The number of nitrogens with one attached hydrogen (secondary N) is 1. The van der Waals surface area contributed by atoms with E-state index in [9.17, 15) is 28.6 Å². The Balaban J connectivity index is 1.74. The maximum Gasteiger partial charge on any atom is 0.339 e. The number of nitro groups is 1. The molecule has 0 saturated heterocycles. The number of benzene rings is 3. The molecule has 0 aromatic heterocycles. The summed E-state index contributed by atoms with van der Waals surface area (Å²) in [6, 6.07) is 16.7. The normalized spacial score (nSPS) is 11.3. The standard InChI is InChI=1S/C23H16ClN3O7S/c1-33-18-7-9-20(10-8-18)35(31,32)34-19-5-2-15(3-6-19)12-16(14-25)23(28)26-17-4-11-21(24)22(13-17)27(29)30/h2-13H,1H3,(H,26,28)/b16-12+. The first-order valence-corrected chi connectivity index (χ1v) is 11.5. The molecule has 0 saturated carbocycles. The molecule has 0 aliphatic rings. The molecule has 0 aliphatic heterocycles. The molecule has 0 atom stereocenters. The minimum atomic E-state index is -4.08. The van der Waals surface area contributed by atoms with Gasteiger partial charge in [0.1, 0.15) is 33.1 Å². The molecule has 0 unspecified atom stereocenters. The summed E-state index contributed by atoms with van der Waals surface area (Å²) in [6.07, 6.45) is 1.27. The number of hydrogen-bond acceptors (Lipinski definition) is 8. The molecule has 12 heteroatoms. The van der Waals surface area contributed by atoms with Gasteiger partial charge >= 0.3 is 10.1 Å². The van der Waals surface area contributed by atoms with Gasteiger partial charge in [0.2, 0.25) is 0 Å². The Labute approximate surface area is 205 Å². The number of carbonyl (C=O) groups excluding carboxylic acids is 1. The average Bonchev–Trinajstić information content (AvgIpc) is 2.84. The van der Waals surface area contributed by atoms with Crippen molar-refractivity contribution in [2.75, 3.05) is 12.4 Å². The molecule has 10 nitrogen and oxygen atoms in total. The van der Waals surface area contributed by atoms with Gasteiger partial charge in [-0.25, -0.2) is 0 Å². The predicted octanol–water partition coefficient (Wildman–Crippen LogP) is 4.57. The maximum atomic E-state index is 12.5. The molecule has 0 aliphatic carbocycles. The minimum absolute atomic E-state index is 0.0226. The fourth-order valence-electron chi connectivity index (χ4n) is 2.78. The van der Waals surface area contributed by atoms with Gasteiger partial charge in [0.05, 0.1) is 12.0 Å². The van der Waals surface area contributed by atoms with E-state index in [1.165, 1.54) is 73.8 Å². The number of anilines is 1. The molecule has 3 aromatic carbocycles. The summed E-state index contributed by atoms with van der Waals surface area (Å²) in [5, 5.41) is 22.7. The quantitative estimate of drug-likeness (QED) is 0.151. The van der Waals surface area contributed by atoms with Crippen molar-refractivity contribution in [1.29, 1.82) is 5.26 Å². The van der Waals surface area contributed by atoms with Gasteiger partial charge in [-0.15, -0.1) is 0 Å². The second kappa shape index (κ2) is 10.7. The predicted molar refractivity (Wildman–Crippen MR) is 128 cm³/mol. The third kappa shape index (κ3) is 6.35. The van der Waals surface area contributed by atoms with Gasteiger partial charge in [0.25, 0.3) is 11.6 Å². The molecule has 35 heavy (non-hydrogen) atoms. The largest absolute Gasteiger partial charge is 0.497 e. The summed E-state index contributed by atoms with van der Waals surface area (Å²) in [4.78, 5) is 22.7. The number of carbonyl (C=O) groups is 1. The first kappa shape index (κ1) is 25.2. The highest BCUT2D eigenvalue weighted by molar-refractivity contribution is 7.87. The van der Waals surface area contributed by atoms with Crippen molar-refractivity contribution in [2.24, 2.45) is 0 Å². The zero-order valence-electron chi connectivity index (χ0n) is 18.0. The smallest absolute Gasteiger partial charge is 0.339 e. The van der Waals surface area contributed by atoms with Crippen molar-refractivity contribution in [2.45, 2.75) is 4.90 Å². The van der Waals surface area contributed by atoms with Crippen molar-refractivity contribution in [3.05, 3.63) is 93.0 Å². The number of hydrogen-bond donors (Lipinski definition) is 1. The molecule has 1 N–H and O–H groups in total. The Morgan fingerprint density at radius 2 is 1.71 bits per heavy atom. The molecule has 0 heterocycles. The number of amides is 1. The van der Waals surface area contributed by atoms with E-state index in [0.717, 1.165) is 6.07 Å². The molecule has 1 amide bonds. The lowest BCUT2D eigenvalue weighted by Crippen LogP contribution is -2.13. The van der Waals surface area contributed by atoms with E-state index in [2.05, 4.69) is 5.32 Å². The molecule has 0 bridgehead atoms. The molecule has 3 aromatic rings. The van der Waals surface area contributed by atoms with Crippen molar-refractivity contribution >= 4 is 45.1 Å². The van der Waals surface area contributed by atoms with Gasteiger partial charge in [-0.05, 0) is 60.2 Å². The SMILES string of the molecule is COc1ccc(S(=O)(=O)Oc2ccc(/C=C(\C#N)C(=O)Nc3ccc(Cl)c([N+](=O)[O-])c3)cc2)cc1. The highest BCUT2D eigenvalue weighted by Crippen LogP contribution is 2.28. The minimum Gasteiger partial charge on any atom is -0.497 e. The van der Waals surface area contributed by atoms with E-state index in [-0.39, 0.29) is 26.9 Å². The summed E-state index contributed by atoms with van der Waals surface area (Å²) < 4.78 is 35.0. The first-order valence-electron chi connectivity index (χ1n) is 9.68. The lowest BCUT2D eigenvalue weighted by Gasteiger charge is -2.08. The zero-order valence-corrected chi connectivity index (χ0v) is 19.5. The van der Waals surface area contributed by atoms with Gasteiger partial charge in [0, 0.05) is 11.8 Å². The van der Waals surface area contributed by atoms with Gasteiger partial charge in [0.15, 0.2) is 0 Å². The lowest BCUT2D eigenvalue weighted by molar-refractivity contribution is -0.384. The molecular weight excluding hydrogens is 498 g/mol. The topological polar surface area (TPSA) is 149 Å². The van der Waals surface area contributed by atoms with Crippen LogP contribution in [0.3, 0.4) is 0 Å². The van der Waals surface area contributed by atoms with Gasteiger partial charge in [-0.2, -0.15) is 13.7 Å². The van der Waals surface area contributed by atoms with Crippen molar-refractivity contribution in [3.63, 3.8) is 0 Å². The second-order valence-corrected chi connectivity index (χ2v) is 8.78. The number of rotatable bonds is 8. The summed E-state index contributed by atoms with van der Waals surface area (Å²) in [6.45, 7) is 0. The Morgan fingerprint density at radius 3 is 2.29 bits per heavy atom. The van der Waals surface area contributed by atoms with Crippen LogP contribution in [0.5, 0.6) is 11.5 Å². The van der Waals surface area contributed by atoms with Gasteiger partial charge in [-0.1, -0.05) is 23.7 Å². The average molecular weight is 514 g/mol. The van der Waals surface area contributed by atoms with Crippen LogP contribution in [-0.2, 0) is 14.9 Å². The van der Waals surface area contributed by atoms with Crippen molar-refractivity contribution in [1.82, 2.24) is 0 Å². The van der Waals surface area contributed by atoms with Crippen LogP contribution in [0.15, 0.2) is 77.2 Å². The summed E-state index contributed by atoms with van der Waals surface area (Å²) >= 11 is 5.75. The maximum absolute atomic E-state index is 12.5. The van der Waals surface area contributed by atoms with E-state index >= 15 is 0 Å². The number of methoxy groups -OCH3 is 1. The Morgan fingerprint density at radius 1 is 1.09 bits per heavy atom. The third-order valence-corrected chi connectivity index (χ3v) is 6.09. The van der Waals surface area contributed by atoms with Gasteiger partial charge in [-0.3, -0.25) is 14.9 Å². The summed E-state index contributed by atoms with van der Waals surface area (Å²) in [5.41, 5.74) is -0.193. The van der Waals surface area contributed by atoms with Crippen LogP contribution in [0, 0.1) is 21.4 Å². The van der Waals surface area contributed by atoms with E-state index < -0.39 is 26.6 Å². The first-order chi connectivity index (χ1) is 16.6. The number of nitriles is 1. The van der Waals surface area contributed by atoms with Crippen LogP contribution in [0.2, 0.25) is 5.02 Å². The fraction of sp³-hybridized carbons (Fsp3) is 0.0435. The molecule has 0 spiro atoms. The van der Waals surface area contributed by atoms with Crippen LogP contribution in [-0.4, -0.2) is 26.4 Å². The lowest BCUT2D eigenvalue weighted by atomic mass is 10.1. The number of ether oxygens (including phenoxy) is 1. The van der Waals surface area contributed by atoms with Crippen LogP contribution >= 0.6 is 11.6 Å². The highest BCUT2D eigenvalue weighted by atomic mass is 35.5. The second-order valence-electron chi connectivity index (χ2n) is 6.83. The van der Waals surface area contributed by atoms with E-state index in [0.29, 0.717) is 11.3 Å². The van der Waals surface area contributed by atoms with Gasteiger partial charge < -0.3 is 14.2 Å². The molecule has 3 rings (SSSR count). The summed E-state index contributed by atoms with van der Waals surface area (Å²) in [5.74, 6) is -0.285. The number of nitro benzene ring substituents is 1. The zero-order chi connectivity index (χ0) is 25.6. The van der Waals surface area contributed by atoms with Crippen molar-refractivity contribution < 1.29 is 27.1 Å². The molecular formula is C23H16ClN3O7S. The van der Waals surface area contributed by atoms with Crippen molar-refractivity contribution in [3.8, 4) is 17.6 Å². The fourth-order valence-corrected chi connectivity index (χ4v) is 3.90. The van der Waals surface area contributed by atoms with Crippen LogP contribution in [0.25, 0.3) is 6.08 Å². The summed E-state index contributed by atoms with van der Waals surface area (Å²) in [7, 11) is -2.63. The van der Waals surface area contributed by atoms with Crippen LogP contribution in [0.4, 0.5) is 11.4 Å². The Bertz CT molecular complexity index is 1450. The molecule has 0 radical (unpaired) electrons. The van der Waals surface area contributed by atoms with E-state index in [4.69, 9.17) is 20.5 Å². The van der Waals surface area contributed by atoms with Crippen LogP contribution in [0.1, 0.15) is 5.56 Å². The van der Waals surface area contributed by atoms with E-state index in [1.807, 2.05) is 0 Å². The molecule has 0 fully saturated rings. The van der Waals surface area contributed by atoms with E-state index in [1.54, 1.807) is 6.07 Å². The Kier molecular flexibility index (Phi) is 7.70. The number of halogens is 1. The highest BCUT2D eigenvalue weighted by Gasteiger charge is 2.18. The monoisotopic (exact) mass is 513 g/mol.